The highest BCUT2D eigenvalue weighted by Crippen LogP contribution is 2.23. The van der Waals surface area contributed by atoms with Gasteiger partial charge in [0.15, 0.2) is 0 Å². The highest BCUT2D eigenvalue weighted by atomic mass is 35.5. The molecule has 94 valence electrons. The summed E-state index contributed by atoms with van der Waals surface area (Å²) in [5, 5.41) is 0. The maximum absolute atomic E-state index is 11.9. The summed E-state index contributed by atoms with van der Waals surface area (Å²) in [5.41, 5.74) is -0.406. The minimum absolute atomic E-state index is 0.176. The van der Waals surface area contributed by atoms with Gasteiger partial charge in [-0.1, -0.05) is 0 Å². The second-order valence-corrected chi connectivity index (χ2v) is 5.68. The molecule has 1 heterocycles. The lowest BCUT2D eigenvalue weighted by atomic mass is 10.1. The molecule has 16 heavy (non-hydrogen) atoms. The Labute approximate surface area is 103 Å². The molecule has 1 saturated heterocycles. The van der Waals surface area contributed by atoms with Gasteiger partial charge in [0.05, 0.1) is 0 Å². The molecule has 1 aliphatic heterocycles. The smallest absolute Gasteiger partial charge is 0.410 e. The highest BCUT2D eigenvalue weighted by Gasteiger charge is 2.31. The van der Waals surface area contributed by atoms with Gasteiger partial charge in [0.25, 0.3) is 0 Å². The molecular formula is C12H22ClNO2. The lowest BCUT2D eigenvalue weighted by Crippen LogP contribution is -2.39. The summed E-state index contributed by atoms with van der Waals surface area (Å²) in [6, 6.07) is 0.327. The van der Waals surface area contributed by atoms with Gasteiger partial charge in [0.2, 0.25) is 0 Å². The number of likely N-dealkylation sites (tertiary alicyclic amines) is 1. The third-order valence-corrected chi connectivity index (χ3v) is 2.94. The first-order valence-corrected chi connectivity index (χ1v) is 6.53. The molecule has 1 unspecified atom stereocenters. The first-order chi connectivity index (χ1) is 7.44. The van der Waals surface area contributed by atoms with Crippen LogP contribution in [-0.4, -0.2) is 35.1 Å². The number of amides is 1. The van der Waals surface area contributed by atoms with Crippen LogP contribution in [0.25, 0.3) is 0 Å². The Balaban J connectivity index is 2.47. The minimum Gasteiger partial charge on any atom is -0.444 e. The molecule has 0 aliphatic carbocycles. The fraction of sp³-hybridized carbons (Fsp3) is 0.917. The zero-order valence-corrected chi connectivity index (χ0v) is 11.2. The normalized spacial score (nSPS) is 21.2. The van der Waals surface area contributed by atoms with Crippen LogP contribution in [-0.2, 0) is 4.74 Å². The van der Waals surface area contributed by atoms with Crippen molar-refractivity contribution >= 4 is 17.7 Å². The Morgan fingerprint density at radius 3 is 2.75 bits per heavy atom. The largest absolute Gasteiger partial charge is 0.444 e. The number of hydrogen-bond donors (Lipinski definition) is 0. The van der Waals surface area contributed by atoms with Gasteiger partial charge in [0, 0.05) is 18.5 Å². The predicted molar refractivity (Wildman–Crippen MR) is 65.9 cm³/mol. The fourth-order valence-corrected chi connectivity index (χ4v) is 2.16. The quantitative estimate of drug-likeness (QED) is 0.716. The van der Waals surface area contributed by atoms with E-state index in [4.69, 9.17) is 16.3 Å². The first-order valence-electron chi connectivity index (χ1n) is 5.99. The summed E-state index contributed by atoms with van der Waals surface area (Å²) in [7, 11) is 0. The lowest BCUT2D eigenvalue weighted by Gasteiger charge is -2.28. The number of alkyl halides is 1. The van der Waals surface area contributed by atoms with E-state index in [1.165, 1.54) is 0 Å². The van der Waals surface area contributed by atoms with Gasteiger partial charge in [-0.15, -0.1) is 11.6 Å². The van der Waals surface area contributed by atoms with Crippen LogP contribution in [0.5, 0.6) is 0 Å². The zero-order chi connectivity index (χ0) is 12.2. The average molecular weight is 248 g/mol. The number of hydrogen-bond acceptors (Lipinski definition) is 2. The van der Waals surface area contributed by atoms with Crippen molar-refractivity contribution in [3.63, 3.8) is 0 Å². The van der Waals surface area contributed by atoms with Crippen molar-refractivity contribution in [2.75, 3.05) is 12.4 Å². The number of nitrogens with zero attached hydrogens (tertiary/aromatic N) is 1. The van der Waals surface area contributed by atoms with Crippen molar-refractivity contribution in [2.45, 2.75) is 58.1 Å². The molecule has 0 bridgehead atoms. The van der Waals surface area contributed by atoms with Crippen molar-refractivity contribution in [3.8, 4) is 0 Å². The molecule has 3 nitrogen and oxygen atoms in total. The zero-order valence-electron chi connectivity index (χ0n) is 10.5. The summed E-state index contributed by atoms with van der Waals surface area (Å²) in [5.74, 6) is 0.665. The van der Waals surface area contributed by atoms with Crippen LogP contribution in [0.3, 0.4) is 0 Å². The molecule has 1 amide bonds. The van der Waals surface area contributed by atoms with Gasteiger partial charge in [-0.05, 0) is 46.5 Å². The number of rotatable bonds is 3. The topological polar surface area (TPSA) is 29.5 Å². The molecule has 0 aromatic rings. The van der Waals surface area contributed by atoms with E-state index in [0.717, 1.165) is 32.2 Å². The summed E-state index contributed by atoms with van der Waals surface area (Å²) >= 11 is 5.68. The average Bonchev–Trinajstić information content (AvgIpc) is 2.59. The number of ether oxygens (including phenoxy) is 1. The molecule has 0 spiro atoms. The summed E-state index contributed by atoms with van der Waals surface area (Å²) in [6.45, 7) is 6.51. The van der Waals surface area contributed by atoms with Crippen LogP contribution in [0.4, 0.5) is 4.79 Å². The van der Waals surface area contributed by atoms with Gasteiger partial charge in [-0.3, -0.25) is 0 Å². The van der Waals surface area contributed by atoms with Crippen LogP contribution < -0.4 is 0 Å². The standard InChI is InChI=1S/C12H22ClNO2/c1-12(2,3)16-11(15)14-9-5-7-10(14)6-4-8-13/h10H,4-9H2,1-3H3. The molecule has 1 atom stereocenters. The monoisotopic (exact) mass is 247 g/mol. The van der Waals surface area contributed by atoms with Crippen molar-refractivity contribution in [1.29, 1.82) is 0 Å². The second kappa shape index (κ2) is 5.76. The van der Waals surface area contributed by atoms with E-state index in [-0.39, 0.29) is 6.09 Å². The summed E-state index contributed by atoms with van der Waals surface area (Å²) in [6.07, 6.45) is 3.93. The molecule has 0 N–H and O–H groups in total. The van der Waals surface area contributed by atoms with Gasteiger partial charge < -0.3 is 9.64 Å². The van der Waals surface area contributed by atoms with Crippen molar-refractivity contribution in [1.82, 2.24) is 4.90 Å². The molecule has 4 heteroatoms. The molecule has 0 aromatic carbocycles. The van der Waals surface area contributed by atoms with Crippen LogP contribution >= 0.6 is 11.6 Å². The molecular weight excluding hydrogens is 226 g/mol. The van der Waals surface area contributed by atoms with Crippen molar-refractivity contribution < 1.29 is 9.53 Å². The third kappa shape index (κ3) is 4.20. The van der Waals surface area contributed by atoms with E-state index in [9.17, 15) is 4.79 Å². The maximum atomic E-state index is 11.9. The number of halogens is 1. The van der Waals surface area contributed by atoms with E-state index < -0.39 is 5.60 Å². The van der Waals surface area contributed by atoms with E-state index in [0.29, 0.717) is 11.9 Å². The Bertz CT molecular complexity index is 238. The molecule has 1 aliphatic rings. The van der Waals surface area contributed by atoms with Crippen LogP contribution in [0.2, 0.25) is 0 Å². The van der Waals surface area contributed by atoms with Crippen LogP contribution in [0, 0.1) is 0 Å². The highest BCUT2D eigenvalue weighted by molar-refractivity contribution is 6.17. The van der Waals surface area contributed by atoms with Crippen LogP contribution in [0.15, 0.2) is 0 Å². The molecule has 1 rings (SSSR count). The molecule has 1 fully saturated rings. The van der Waals surface area contributed by atoms with Gasteiger partial charge >= 0.3 is 6.09 Å². The molecule has 0 saturated carbocycles. The van der Waals surface area contributed by atoms with Crippen molar-refractivity contribution in [2.24, 2.45) is 0 Å². The number of carbonyl (C=O) groups is 1. The first kappa shape index (κ1) is 13.6. The fourth-order valence-electron chi connectivity index (χ4n) is 2.01. The van der Waals surface area contributed by atoms with E-state index in [1.54, 1.807) is 0 Å². The van der Waals surface area contributed by atoms with Crippen LogP contribution in [0.1, 0.15) is 46.5 Å². The third-order valence-electron chi connectivity index (χ3n) is 2.68. The Kier molecular flexibility index (Phi) is 4.90. The Hall–Kier alpha value is -0.440. The van der Waals surface area contributed by atoms with Gasteiger partial charge in [-0.2, -0.15) is 0 Å². The second-order valence-electron chi connectivity index (χ2n) is 5.30. The van der Waals surface area contributed by atoms with E-state index >= 15 is 0 Å². The van der Waals surface area contributed by atoms with Gasteiger partial charge in [-0.25, -0.2) is 4.79 Å². The van der Waals surface area contributed by atoms with Crippen molar-refractivity contribution in [3.05, 3.63) is 0 Å². The minimum atomic E-state index is -0.406. The maximum Gasteiger partial charge on any atom is 0.410 e. The number of carbonyl (C=O) groups excluding carboxylic acids is 1. The lowest BCUT2D eigenvalue weighted by molar-refractivity contribution is 0.0220. The predicted octanol–water partition coefficient (Wildman–Crippen LogP) is 3.40. The SMILES string of the molecule is CC(C)(C)OC(=O)N1CCCC1CCCCl. The molecule has 0 aromatic heterocycles. The summed E-state index contributed by atoms with van der Waals surface area (Å²) < 4.78 is 5.39. The molecule has 0 radical (unpaired) electrons. The summed E-state index contributed by atoms with van der Waals surface area (Å²) in [4.78, 5) is 13.8. The Morgan fingerprint density at radius 2 is 2.19 bits per heavy atom. The Morgan fingerprint density at radius 1 is 1.50 bits per heavy atom. The van der Waals surface area contributed by atoms with Gasteiger partial charge in [0.1, 0.15) is 5.60 Å². The van der Waals surface area contributed by atoms with E-state index in [2.05, 4.69) is 0 Å². The van der Waals surface area contributed by atoms with E-state index in [1.807, 2.05) is 25.7 Å².